The van der Waals surface area contributed by atoms with Crippen LogP contribution in [0.15, 0.2) is 18.2 Å². The molecule has 1 amide bonds. The molecule has 5 heteroatoms. The van der Waals surface area contributed by atoms with Crippen LogP contribution in [0.1, 0.15) is 23.7 Å². The van der Waals surface area contributed by atoms with E-state index in [4.69, 9.17) is 5.73 Å². The van der Waals surface area contributed by atoms with Crippen LogP contribution >= 0.6 is 0 Å². The molecule has 1 aromatic carbocycles. The molecule has 0 spiro atoms. The number of aliphatic hydroxyl groups excluding tert-OH is 1. The Morgan fingerprint density at radius 1 is 1.56 bits per heavy atom. The van der Waals surface area contributed by atoms with Crippen LogP contribution in [0, 0.1) is 5.92 Å². The van der Waals surface area contributed by atoms with Gasteiger partial charge in [0.15, 0.2) is 5.75 Å². The van der Waals surface area contributed by atoms with E-state index in [0.717, 1.165) is 6.42 Å². The highest BCUT2D eigenvalue weighted by Crippen LogP contribution is 2.30. The molecule has 18 heavy (non-hydrogen) atoms. The van der Waals surface area contributed by atoms with E-state index in [-0.39, 0.29) is 41.5 Å². The van der Waals surface area contributed by atoms with Gasteiger partial charge in [0.05, 0.1) is 23.9 Å². The summed E-state index contributed by atoms with van der Waals surface area (Å²) in [5.41, 5.74) is 5.97. The van der Waals surface area contributed by atoms with Crippen molar-refractivity contribution in [2.24, 2.45) is 5.92 Å². The van der Waals surface area contributed by atoms with Gasteiger partial charge in [-0.2, -0.15) is 0 Å². The van der Waals surface area contributed by atoms with Gasteiger partial charge < -0.3 is 20.8 Å². The van der Waals surface area contributed by atoms with Crippen LogP contribution in [0.2, 0.25) is 0 Å². The average Bonchev–Trinajstić information content (AvgIpc) is 2.73. The van der Waals surface area contributed by atoms with Crippen LogP contribution in [-0.4, -0.2) is 40.2 Å². The summed E-state index contributed by atoms with van der Waals surface area (Å²) in [6, 6.07) is 4.54. The third kappa shape index (κ3) is 2.01. The Morgan fingerprint density at radius 3 is 2.94 bits per heavy atom. The molecule has 0 radical (unpaired) electrons. The largest absolute Gasteiger partial charge is 0.505 e. The third-order valence-corrected chi connectivity index (χ3v) is 3.63. The molecular weight excluding hydrogens is 232 g/mol. The maximum absolute atomic E-state index is 12.3. The Morgan fingerprint density at radius 2 is 2.28 bits per heavy atom. The Balaban J connectivity index is 2.29. The van der Waals surface area contributed by atoms with Gasteiger partial charge in [-0.3, -0.25) is 4.79 Å². The van der Waals surface area contributed by atoms with Crippen LogP contribution < -0.4 is 5.73 Å². The minimum Gasteiger partial charge on any atom is -0.505 e. The van der Waals surface area contributed by atoms with Gasteiger partial charge in [0.25, 0.3) is 5.91 Å². The van der Waals surface area contributed by atoms with Crippen molar-refractivity contribution in [3.63, 3.8) is 0 Å². The molecule has 1 fully saturated rings. The lowest BCUT2D eigenvalue weighted by molar-refractivity contribution is 0.0645. The first kappa shape index (κ1) is 12.7. The van der Waals surface area contributed by atoms with Gasteiger partial charge in [-0.25, -0.2) is 0 Å². The van der Waals surface area contributed by atoms with Gasteiger partial charge in [-0.15, -0.1) is 0 Å². The minimum atomic E-state index is -0.275. The number of carbonyl (C=O) groups is 1. The molecule has 2 rings (SSSR count). The molecule has 0 bridgehead atoms. The minimum absolute atomic E-state index is 0.0595. The number of benzene rings is 1. The second kappa shape index (κ2) is 4.86. The van der Waals surface area contributed by atoms with Crippen molar-refractivity contribution >= 4 is 11.6 Å². The molecule has 2 unspecified atom stereocenters. The summed E-state index contributed by atoms with van der Waals surface area (Å²) in [6.07, 6.45) is 0.861. The van der Waals surface area contributed by atoms with E-state index in [1.54, 1.807) is 23.1 Å². The van der Waals surface area contributed by atoms with Crippen molar-refractivity contribution in [3.05, 3.63) is 23.8 Å². The first-order valence-electron chi connectivity index (χ1n) is 6.05. The van der Waals surface area contributed by atoms with E-state index in [2.05, 4.69) is 0 Å². The van der Waals surface area contributed by atoms with Crippen molar-refractivity contribution in [2.45, 2.75) is 19.4 Å². The van der Waals surface area contributed by atoms with Gasteiger partial charge in [-0.1, -0.05) is 13.0 Å². The molecule has 0 saturated carbocycles. The van der Waals surface area contributed by atoms with Gasteiger partial charge in [0.2, 0.25) is 0 Å². The predicted octanol–water partition coefficient (Wildman–Crippen LogP) is 0.817. The number of carbonyl (C=O) groups excluding carboxylic acids is 1. The maximum Gasteiger partial charge on any atom is 0.258 e. The number of phenolic OH excluding ortho intramolecular Hbond substituents is 1. The van der Waals surface area contributed by atoms with Crippen molar-refractivity contribution in [3.8, 4) is 5.75 Å². The lowest BCUT2D eigenvalue weighted by Gasteiger charge is -2.25. The summed E-state index contributed by atoms with van der Waals surface area (Å²) in [4.78, 5) is 13.9. The molecule has 0 aromatic heterocycles. The van der Waals surface area contributed by atoms with Crippen LogP contribution in [0.5, 0.6) is 5.75 Å². The van der Waals surface area contributed by atoms with Gasteiger partial charge in [0, 0.05) is 6.54 Å². The fourth-order valence-electron chi connectivity index (χ4n) is 2.43. The summed E-state index contributed by atoms with van der Waals surface area (Å²) in [5.74, 6) is -0.191. The quantitative estimate of drug-likeness (QED) is 0.535. The number of aromatic hydroxyl groups is 1. The number of rotatable bonds is 2. The first-order valence-corrected chi connectivity index (χ1v) is 6.05. The zero-order valence-corrected chi connectivity index (χ0v) is 10.3. The molecular formula is C13H18N2O3. The topological polar surface area (TPSA) is 86.8 Å². The number of amides is 1. The van der Waals surface area contributed by atoms with Gasteiger partial charge >= 0.3 is 0 Å². The monoisotopic (exact) mass is 250 g/mol. The van der Waals surface area contributed by atoms with Gasteiger partial charge in [-0.05, 0) is 24.5 Å². The van der Waals surface area contributed by atoms with Gasteiger partial charge in [0.1, 0.15) is 0 Å². The smallest absolute Gasteiger partial charge is 0.258 e. The summed E-state index contributed by atoms with van der Waals surface area (Å²) in [6.45, 7) is 2.54. The molecule has 1 heterocycles. The number of nitrogen functional groups attached to an aromatic ring is 1. The predicted molar refractivity (Wildman–Crippen MR) is 68.2 cm³/mol. The number of aliphatic hydroxyl groups is 1. The number of phenols is 1. The Kier molecular flexibility index (Phi) is 3.43. The Bertz CT molecular complexity index is 462. The second-order valence-electron chi connectivity index (χ2n) is 4.76. The fourth-order valence-corrected chi connectivity index (χ4v) is 2.43. The number of nitrogens with zero attached hydrogens (tertiary/aromatic N) is 1. The molecule has 4 N–H and O–H groups in total. The van der Waals surface area contributed by atoms with Crippen molar-refractivity contribution in [1.82, 2.24) is 4.90 Å². The summed E-state index contributed by atoms with van der Waals surface area (Å²) in [5, 5.41) is 19.2. The summed E-state index contributed by atoms with van der Waals surface area (Å²) < 4.78 is 0. The van der Waals surface area contributed by atoms with Crippen LogP contribution in [-0.2, 0) is 0 Å². The molecule has 1 aliphatic heterocycles. The van der Waals surface area contributed by atoms with Crippen molar-refractivity contribution in [1.29, 1.82) is 0 Å². The lowest BCUT2D eigenvalue weighted by Crippen LogP contribution is -2.39. The van der Waals surface area contributed by atoms with E-state index < -0.39 is 0 Å². The number of anilines is 1. The maximum atomic E-state index is 12.3. The lowest BCUT2D eigenvalue weighted by atomic mass is 10.0. The van der Waals surface area contributed by atoms with E-state index in [1.807, 2.05) is 6.92 Å². The molecule has 5 nitrogen and oxygen atoms in total. The number of para-hydroxylation sites is 1. The number of likely N-dealkylation sites (tertiary alicyclic amines) is 1. The molecule has 0 aliphatic carbocycles. The third-order valence-electron chi connectivity index (χ3n) is 3.63. The Hall–Kier alpha value is -1.75. The van der Waals surface area contributed by atoms with Crippen LogP contribution in [0.3, 0.4) is 0 Å². The molecule has 1 aliphatic rings. The summed E-state index contributed by atoms with van der Waals surface area (Å²) in [7, 11) is 0. The van der Waals surface area contributed by atoms with Crippen LogP contribution in [0.25, 0.3) is 0 Å². The molecule has 98 valence electrons. The second-order valence-corrected chi connectivity index (χ2v) is 4.76. The standard InChI is InChI=1S/C13H18N2O3/c1-8-5-6-15(11(8)7-16)13(18)9-3-2-4-10(14)12(9)17/h2-4,8,11,16-17H,5-7,14H2,1H3. The van der Waals surface area contributed by atoms with Crippen molar-refractivity contribution in [2.75, 3.05) is 18.9 Å². The highest BCUT2D eigenvalue weighted by Gasteiger charge is 2.35. The number of nitrogens with two attached hydrogens (primary N) is 1. The van der Waals surface area contributed by atoms with E-state index in [1.165, 1.54) is 0 Å². The number of hydrogen-bond donors (Lipinski definition) is 3. The van der Waals surface area contributed by atoms with E-state index in [0.29, 0.717) is 6.54 Å². The first-order chi connectivity index (χ1) is 8.56. The highest BCUT2D eigenvalue weighted by molar-refractivity contribution is 5.98. The number of hydrogen-bond acceptors (Lipinski definition) is 4. The zero-order chi connectivity index (χ0) is 13.3. The normalized spacial score (nSPS) is 23.3. The fraction of sp³-hybridized carbons (Fsp3) is 0.462. The zero-order valence-electron chi connectivity index (χ0n) is 10.3. The van der Waals surface area contributed by atoms with E-state index in [9.17, 15) is 15.0 Å². The van der Waals surface area contributed by atoms with Crippen molar-refractivity contribution < 1.29 is 15.0 Å². The average molecular weight is 250 g/mol. The molecule has 1 aromatic rings. The van der Waals surface area contributed by atoms with E-state index >= 15 is 0 Å². The summed E-state index contributed by atoms with van der Waals surface area (Å²) >= 11 is 0. The molecule has 2 atom stereocenters. The molecule has 1 saturated heterocycles. The highest BCUT2D eigenvalue weighted by atomic mass is 16.3. The van der Waals surface area contributed by atoms with Crippen LogP contribution in [0.4, 0.5) is 5.69 Å². The Labute approximate surface area is 106 Å². The SMILES string of the molecule is CC1CCN(C(=O)c2cccc(N)c2O)C1CO.